The molecule has 1 heterocycles. The maximum Gasteiger partial charge on any atom is 0.359 e. The number of nitrogens with one attached hydrogen (secondary N) is 2. The van der Waals surface area contributed by atoms with Crippen LogP contribution in [0.15, 0.2) is 53.3 Å². The lowest BCUT2D eigenvalue weighted by Gasteiger charge is -2.10. The SMILES string of the molecule is CCn1nc(C(=O)OCC(=O)NCC(=O)Nc2ccc(F)cc2)c2ccccc2c1=O. The van der Waals surface area contributed by atoms with Gasteiger partial charge >= 0.3 is 5.97 Å². The smallest absolute Gasteiger partial charge is 0.359 e. The van der Waals surface area contributed by atoms with Gasteiger partial charge in [-0.3, -0.25) is 14.4 Å². The zero-order valence-electron chi connectivity index (χ0n) is 16.6. The third-order valence-corrected chi connectivity index (χ3v) is 4.27. The van der Waals surface area contributed by atoms with Crippen molar-refractivity contribution in [2.75, 3.05) is 18.5 Å². The highest BCUT2D eigenvalue weighted by Gasteiger charge is 2.18. The number of carbonyl (C=O) groups is 3. The monoisotopic (exact) mass is 426 g/mol. The van der Waals surface area contributed by atoms with E-state index in [0.29, 0.717) is 16.5 Å². The summed E-state index contributed by atoms with van der Waals surface area (Å²) in [5.41, 5.74) is -0.0467. The predicted molar refractivity (Wildman–Crippen MR) is 110 cm³/mol. The molecule has 0 aliphatic heterocycles. The van der Waals surface area contributed by atoms with Crippen LogP contribution in [0.3, 0.4) is 0 Å². The van der Waals surface area contributed by atoms with Crippen LogP contribution in [0, 0.1) is 5.82 Å². The summed E-state index contributed by atoms with van der Waals surface area (Å²) >= 11 is 0. The molecule has 0 saturated carbocycles. The third-order valence-electron chi connectivity index (χ3n) is 4.27. The molecule has 1 aromatic heterocycles. The molecule has 3 rings (SSSR count). The van der Waals surface area contributed by atoms with E-state index in [1.807, 2.05) is 0 Å². The van der Waals surface area contributed by atoms with Gasteiger partial charge in [0.15, 0.2) is 12.3 Å². The summed E-state index contributed by atoms with van der Waals surface area (Å²) in [4.78, 5) is 48.6. The van der Waals surface area contributed by atoms with E-state index in [1.165, 1.54) is 24.3 Å². The second kappa shape index (κ2) is 9.61. The molecule has 0 saturated heterocycles. The van der Waals surface area contributed by atoms with Crippen LogP contribution in [-0.4, -0.2) is 40.7 Å². The van der Waals surface area contributed by atoms with Gasteiger partial charge in [0.1, 0.15) is 5.82 Å². The quantitative estimate of drug-likeness (QED) is 0.552. The van der Waals surface area contributed by atoms with E-state index in [2.05, 4.69) is 15.7 Å². The Morgan fingerprint density at radius 1 is 1.03 bits per heavy atom. The number of esters is 1. The summed E-state index contributed by atoms with van der Waals surface area (Å²) in [5, 5.41) is 9.46. The van der Waals surface area contributed by atoms with Crippen molar-refractivity contribution in [3.05, 3.63) is 70.4 Å². The number of benzene rings is 2. The second-order valence-electron chi connectivity index (χ2n) is 6.42. The molecular formula is C21H19FN4O5. The summed E-state index contributed by atoms with van der Waals surface area (Å²) in [5.74, 6) is -2.54. The van der Waals surface area contributed by atoms with Crippen LogP contribution >= 0.6 is 0 Å². The average Bonchev–Trinajstić information content (AvgIpc) is 2.78. The molecule has 0 bridgehead atoms. The Bertz CT molecular complexity index is 1190. The van der Waals surface area contributed by atoms with Gasteiger partial charge in [-0.15, -0.1) is 0 Å². The van der Waals surface area contributed by atoms with Crippen molar-refractivity contribution in [3.8, 4) is 0 Å². The molecule has 160 valence electrons. The first-order chi connectivity index (χ1) is 14.9. The minimum absolute atomic E-state index is 0.0843. The molecule has 0 spiro atoms. The van der Waals surface area contributed by atoms with Gasteiger partial charge in [0.25, 0.3) is 11.5 Å². The summed E-state index contributed by atoms with van der Waals surface area (Å²) in [6, 6.07) is 11.6. The lowest BCUT2D eigenvalue weighted by atomic mass is 10.1. The lowest BCUT2D eigenvalue weighted by Crippen LogP contribution is -2.35. The third kappa shape index (κ3) is 5.30. The number of hydrogen-bond donors (Lipinski definition) is 2. The molecule has 0 aliphatic rings. The largest absolute Gasteiger partial charge is 0.451 e. The number of anilines is 1. The van der Waals surface area contributed by atoms with Crippen LogP contribution in [0.25, 0.3) is 10.8 Å². The zero-order chi connectivity index (χ0) is 22.4. The predicted octanol–water partition coefficient (Wildman–Crippen LogP) is 1.47. The molecule has 0 aliphatic carbocycles. The molecule has 2 amide bonds. The highest BCUT2D eigenvalue weighted by molar-refractivity contribution is 6.02. The zero-order valence-corrected chi connectivity index (χ0v) is 16.6. The van der Waals surface area contributed by atoms with E-state index in [0.717, 1.165) is 4.68 Å². The molecule has 2 aromatic carbocycles. The van der Waals surface area contributed by atoms with E-state index < -0.39 is 30.2 Å². The van der Waals surface area contributed by atoms with Crippen molar-refractivity contribution in [2.24, 2.45) is 0 Å². The van der Waals surface area contributed by atoms with Crippen LogP contribution in [0.2, 0.25) is 0 Å². The van der Waals surface area contributed by atoms with Gasteiger partial charge in [-0.2, -0.15) is 5.10 Å². The fourth-order valence-electron chi connectivity index (χ4n) is 2.77. The van der Waals surface area contributed by atoms with Gasteiger partial charge in [-0.25, -0.2) is 13.9 Å². The van der Waals surface area contributed by atoms with Crippen molar-refractivity contribution >= 4 is 34.2 Å². The van der Waals surface area contributed by atoms with E-state index in [-0.39, 0.29) is 24.3 Å². The van der Waals surface area contributed by atoms with Gasteiger partial charge in [-0.1, -0.05) is 18.2 Å². The van der Waals surface area contributed by atoms with Gasteiger partial charge in [0, 0.05) is 17.6 Å². The first kappa shape index (κ1) is 21.6. The Hall–Kier alpha value is -4.08. The molecule has 9 nitrogen and oxygen atoms in total. The van der Waals surface area contributed by atoms with Crippen molar-refractivity contribution in [1.82, 2.24) is 15.1 Å². The minimum Gasteiger partial charge on any atom is -0.451 e. The number of ether oxygens (including phenoxy) is 1. The van der Waals surface area contributed by atoms with Crippen molar-refractivity contribution < 1.29 is 23.5 Å². The highest BCUT2D eigenvalue weighted by atomic mass is 19.1. The van der Waals surface area contributed by atoms with Crippen molar-refractivity contribution in [1.29, 1.82) is 0 Å². The van der Waals surface area contributed by atoms with E-state index in [4.69, 9.17) is 4.74 Å². The number of nitrogens with zero attached hydrogens (tertiary/aromatic N) is 2. The molecular weight excluding hydrogens is 407 g/mol. The first-order valence-electron chi connectivity index (χ1n) is 9.38. The Balaban J connectivity index is 1.57. The number of aromatic nitrogens is 2. The van der Waals surface area contributed by atoms with Crippen LogP contribution in [0.5, 0.6) is 0 Å². The number of hydrogen-bond acceptors (Lipinski definition) is 6. The molecule has 31 heavy (non-hydrogen) atoms. The normalized spacial score (nSPS) is 10.5. The maximum atomic E-state index is 12.9. The van der Waals surface area contributed by atoms with E-state index in [1.54, 1.807) is 31.2 Å². The fourth-order valence-corrected chi connectivity index (χ4v) is 2.77. The summed E-state index contributed by atoms with van der Waals surface area (Å²) in [6.07, 6.45) is 0. The maximum absolute atomic E-state index is 12.9. The number of fused-ring (bicyclic) bond motifs is 1. The van der Waals surface area contributed by atoms with E-state index in [9.17, 15) is 23.6 Å². The van der Waals surface area contributed by atoms with Crippen LogP contribution in [0.1, 0.15) is 17.4 Å². The fraction of sp³-hybridized carbons (Fsp3) is 0.190. The van der Waals surface area contributed by atoms with Crippen LogP contribution in [-0.2, 0) is 20.9 Å². The molecule has 0 fully saturated rings. The Labute approximate surface area is 175 Å². The number of rotatable bonds is 7. The Kier molecular flexibility index (Phi) is 6.71. The van der Waals surface area contributed by atoms with Crippen molar-refractivity contribution in [3.63, 3.8) is 0 Å². The second-order valence-corrected chi connectivity index (χ2v) is 6.42. The molecule has 2 N–H and O–H groups in total. The number of aryl methyl sites for hydroxylation is 1. The number of amides is 2. The molecule has 0 unspecified atom stereocenters. The van der Waals surface area contributed by atoms with Gasteiger partial charge < -0.3 is 15.4 Å². The average molecular weight is 426 g/mol. The highest BCUT2D eigenvalue weighted by Crippen LogP contribution is 2.14. The van der Waals surface area contributed by atoms with Crippen LogP contribution in [0.4, 0.5) is 10.1 Å². The van der Waals surface area contributed by atoms with Crippen molar-refractivity contribution in [2.45, 2.75) is 13.5 Å². The molecule has 0 atom stereocenters. The summed E-state index contributed by atoms with van der Waals surface area (Å²) < 4.78 is 19.0. The van der Waals surface area contributed by atoms with E-state index >= 15 is 0 Å². The summed E-state index contributed by atoms with van der Waals surface area (Å²) in [6.45, 7) is 0.968. The van der Waals surface area contributed by atoms with Gasteiger partial charge in [0.2, 0.25) is 5.91 Å². The molecule has 10 heteroatoms. The van der Waals surface area contributed by atoms with Crippen LogP contribution < -0.4 is 16.2 Å². The number of carbonyl (C=O) groups excluding carboxylic acids is 3. The van der Waals surface area contributed by atoms with Gasteiger partial charge in [-0.05, 0) is 37.3 Å². The Morgan fingerprint density at radius 2 is 1.71 bits per heavy atom. The molecule has 0 radical (unpaired) electrons. The number of halogens is 1. The standard InChI is InChI=1S/C21H19FN4O5/c1-2-26-20(29)16-6-4-3-5-15(16)19(25-26)21(30)31-12-18(28)23-11-17(27)24-14-9-7-13(22)8-10-14/h3-10H,2,11-12H2,1H3,(H,23,28)(H,24,27). The first-order valence-corrected chi connectivity index (χ1v) is 9.38. The minimum atomic E-state index is -0.871. The topological polar surface area (TPSA) is 119 Å². The Morgan fingerprint density at radius 3 is 2.39 bits per heavy atom. The van der Waals surface area contributed by atoms with Gasteiger partial charge in [0.05, 0.1) is 11.9 Å². The summed E-state index contributed by atoms with van der Waals surface area (Å²) in [7, 11) is 0. The lowest BCUT2D eigenvalue weighted by molar-refractivity contribution is -0.126. The molecule has 3 aromatic rings.